The summed E-state index contributed by atoms with van der Waals surface area (Å²) in [7, 11) is 0. The number of halogens is 2. The van der Waals surface area contributed by atoms with Gasteiger partial charge in [-0.2, -0.15) is 4.98 Å². The van der Waals surface area contributed by atoms with Crippen molar-refractivity contribution in [3.8, 4) is 11.5 Å². The first kappa shape index (κ1) is 16.3. The number of non-ortho nitro benzene ring substituents is 1. The van der Waals surface area contributed by atoms with Crippen LogP contribution in [0.1, 0.15) is 19.9 Å². The van der Waals surface area contributed by atoms with Gasteiger partial charge in [0.15, 0.2) is 11.5 Å². The average molecular weight is 344 g/mol. The van der Waals surface area contributed by atoms with Gasteiger partial charge in [0.2, 0.25) is 0 Å². The standard InChI is InChI=1S/C13H11Cl2N3O4/c1-7(2)17-6-9(5-16-13(17)19)22-12-10(14)3-8(18(20)21)4-11(12)15/h3-7H,1-2H3. The van der Waals surface area contributed by atoms with Gasteiger partial charge in [-0.25, -0.2) is 4.79 Å². The van der Waals surface area contributed by atoms with E-state index in [0.717, 1.165) is 12.1 Å². The molecule has 0 bridgehead atoms. The van der Waals surface area contributed by atoms with Crippen LogP contribution in [0.3, 0.4) is 0 Å². The van der Waals surface area contributed by atoms with Crippen LogP contribution in [0.2, 0.25) is 10.0 Å². The van der Waals surface area contributed by atoms with Gasteiger partial charge in [0.1, 0.15) is 0 Å². The summed E-state index contributed by atoms with van der Waals surface area (Å²) in [4.78, 5) is 25.4. The zero-order chi connectivity index (χ0) is 16.4. The smallest absolute Gasteiger partial charge is 0.347 e. The van der Waals surface area contributed by atoms with E-state index in [1.165, 1.54) is 17.0 Å². The van der Waals surface area contributed by atoms with Crippen LogP contribution in [0.25, 0.3) is 0 Å². The highest BCUT2D eigenvalue weighted by atomic mass is 35.5. The van der Waals surface area contributed by atoms with Crippen molar-refractivity contribution in [2.45, 2.75) is 19.9 Å². The first-order valence-corrected chi connectivity index (χ1v) is 6.94. The molecule has 116 valence electrons. The molecule has 0 aliphatic carbocycles. The van der Waals surface area contributed by atoms with Gasteiger partial charge in [-0.15, -0.1) is 0 Å². The van der Waals surface area contributed by atoms with E-state index in [1.807, 2.05) is 13.8 Å². The molecular formula is C13H11Cl2N3O4. The van der Waals surface area contributed by atoms with Gasteiger partial charge in [-0.3, -0.25) is 14.7 Å². The highest BCUT2D eigenvalue weighted by Crippen LogP contribution is 2.39. The number of rotatable bonds is 4. The van der Waals surface area contributed by atoms with Gasteiger partial charge in [0.05, 0.1) is 27.4 Å². The molecule has 0 unspecified atom stereocenters. The maximum atomic E-state index is 11.6. The third kappa shape index (κ3) is 3.37. The van der Waals surface area contributed by atoms with Gasteiger partial charge < -0.3 is 4.74 Å². The topological polar surface area (TPSA) is 87.3 Å². The second-order valence-corrected chi connectivity index (χ2v) is 5.49. The number of benzene rings is 1. The van der Waals surface area contributed by atoms with Crippen molar-refractivity contribution >= 4 is 28.9 Å². The Bertz CT molecular complexity index is 766. The average Bonchev–Trinajstić information content (AvgIpc) is 2.43. The summed E-state index contributed by atoms with van der Waals surface area (Å²) in [5, 5.41) is 10.7. The molecule has 0 spiro atoms. The number of nitro groups is 1. The highest BCUT2D eigenvalue weighted by molar-refractivity contribution is 6.37. The molecule has 0 saturated carbocycles. The van der Waals surface area contributed by atoms with Gasteiger partial charge in [-0.1, -0.05) is 23.2 Å². The van der Waals surface area contributed by atoms with Crippen LogP contribution < -0.4 is 10.4 Å². The number of hydrogen-bond acceptors (Lipinski definition) is 5. The molecule has 0 fully saturated rings. The molecule has 0 radical (unpaired) electrons. The predicted octanol–water partition coefficient (Wildman–Crippen LogP) is 3.83. The van der Waals surface area contributed by atoms with Crippen molar-refractivity contribution in [2.24, 2.45) is 0 Å². The molecule has 0 aliphatic heterocycles. The molecule has 1 heterocycles. The van der Waals surface area contributed by atoms with Crippen LogP contribution in [0.4, 0.5) is 5.69 Å². The SMILES string of the molecule is CC(C)n1cc(Oc2c(Cl)cc([N+](=O)[O-])cc2Cl)cnc1=O. The van der Waals surface area contributed by atoms with E-state index in [-0.39, 0.29) is 33.3 Å². The maximum absolute atomic E-state index is 11.6. The molecule has 22 heavy (non-hydrogen) atoms. The number of aromatic nitrogens is 2. The Labute approximate surface area is 135 Å². The van der Waals surface area contributed by atoms with Gasteiger partial charge in [0.25, 0.3) is 5.69 Å². The lowest BCUT2D eigenvalue weighted by molar-refractivity contribution is -0.384. The van der Waals surface area contributed by atoms with Crippen LogP contribution in [0.15, 0.2) is 29.3 Å². The van der Waals surface area contributed by atoms with E-state index in [9.17, 15) is 14.9 Å². The summed E-state index contributed by atoms with van der Waals surface area (Å²) in [6, 6.07) is 2.16. The van der Waals surface area contributed by atoms with Crippen LogP contribution in [0, 0.1) is 10.1 Å². The fourth-order valence-electron chi connectivity index (χ4n) is 1.70. The number of hydrogen-bond donors (Lipinski definition) is 0. The van der Waals surface area contributed by atoms with Crippen molar-refractivity contribution in [2.75, 3.05) is 0 Å². The summed E-state index contributed by atoms with van der Waals surface area (Å²) < 4.78 is 6.89. The molecule has 7 nitrogen and oxygen atoms in total. The summed E-state index contributed by atoms with van der Waals surface area (Å²) in [5.74, 6) is 0.302. The Morgan fingerprint density at radius 2 is 1.91 bits per heavy atom. The summed E-state index contributed by atoms with van der Waals surface area (Å²) in [6.07, 6.45) is 2.70. The Balaban J connectivity index is 2.41. The van der Waals surface area contributed by atoms with E-state index in [4.69, 9.17) is 27.9 Å². The molecule has 0 amide bonds. The monoisotopic (exact) mass is 343 g/mol. The number of ether oxygens (including phenoxy) is 1. The third-order valence-electron chi connectivity index (χ3n) is 2.76. The van der Waals surface area contributed by atoms with E-state index < -0.39 is 10.6 Å². The molecule has 0 saturated heterocycles. The molecule has 0 aliphatic rings. The molecule has 0 N–H and O–H groups in total. The van der Waals surface area contributed by atoms with Crippen molar-refractivity contribution in [1.82, 2.24) is 9.55 Å². The zero-order valence-corrected chi connectivity index (χ0v) is 13.1. The van der Waals surface area contributed by atoms with E-state index in [1.54, 1.807) is 0 Å². The van der Waals surface area contributed by atoms with E-state index in [2.05, 4.69) is 4.98 Å². The molecule has 0 atom stereocenters. The minimum absolute atomic E-state index is 0.0125. The Morgan fingerprint density at radius 1 is 1.32 bits per heavy atom. The largest absolute Gasteiger partial charge is 0.451 e. The summed E-state index contributed by atoms with van der Waals surface area (Å²) >= 11 is 11.9. The predicted molar refractivity (Wildman–Crippen MR) is 82.1 cm³/mol. The minimum atomic E-state index is -0.609. The van der Waals surface area contributed by atoms with Crippen molar-refractivity contribution in [3.05, 3.63) is 55.2 Å². The number of nitrogens with zero attached hydrogens (tertiary/aromatic N) is 3. The lowest BCUT2D eigenvalue weighted by Crippen LogP contribution is -2.23. The molecule has 9 heteroatoms. The Morgan fingerprint density at radius 3 is 2.41 bits per heavy atom. The highest BCUT2D eigenvalue weighted by Gasteiger charge is 2.17. The van der Waals surface area contributed by atoms with Gasteiger partial charge in [-0.05, 0) is 13.8 Å². The quantitative estimate of drug-likeness (QED) is 0.621. The summed E-state index contributed by atoms with van der Waals surface area (Å²) in [5.41, 5.74) is -0.657. The molecular weight excluding hydrogens is 333 g/mol. The lowest BCUT2D eigenvalue weighted by atomic mass is 10.3. The fourth-order valence-corrected chi connectivity index (χ4v) is 2.25. The molecule has 1 aromatic carbocycles. The minimum Gasteiger partial charge on any atom is -0.451 e. The number of nitro benzene ring substituents is 1. The van der Waals surface area contributed by atoms with E-state index in [0.29, 0.717) is 0 Å². The maximum Gasteiger partial charge on any atom is 0.347 e. The first-order chi connectivity index (χ1) is 10.3. The molecule has 2 rings (SSSR count). The van der Waals surface area contributed by atoms with Crippen LogP contribution in [0.5, 0.6) is 11.5 Å². The second kappa shape index (κ2) is 6.33. The van der Waals surface area contributed by atoms with Crippen molar-refractivity contribution < 1.29 is 9.66 Å². The van der Waals surface area contributed by atoms with Crippen LogP contribution >= 0.6 is 23.2 Å². The van der Waals surface area contributed by atoms with Gasteiger partial charge >= 0.3 is 5.69 Å². The van der Waals surface area contributed by atoms with Crippen LogP contribution in [-0.2, 0) is 0 Å². The Hall–Kier alpha value is -2.12. The van der Waals surface area contributed by atoms with E-state index >= 15 is 0 Å². The zero-order valence-electron chi connectivity index (χ0n) is 11.6. The fraction of sp³-hybridized carbons (Fsp3) is 0.231. The van der Waals surface area contributed by atoms with Gasteiger partial charge in [0, 0.05) is 18.2 Å². The molecule has 2 aromatic rings. The normalized spacial score (nSPS) is 10.8. The van der Waals surface area contributed by atoms with Crippen LogP contribution in [-0.4, -0.2) is 14.5 Å². The second-order valence-electron chi connectivity index (χ2n) is 4.67. The third-order valence-corrected chi connectivity index (χ3v) is 3.32. The lowest BCUT2D eigenvalue weighted by Gasteiger charge is -2.12. The Kier molecular flexibility index (Phi) is 4.68. The van der Waals surface area contributed by atoms with Crippen molar-refractivity contribution in [1.29, 1.82) is 0 Å². The summed E-state index contributed by atoms with van der Waals surface area (Å²) in [6.45, 7) is 3.64. The van der Waals surface area contributed by atoms with Crippen molar-refractivity contribution in [3.63, 3.8) is 0 Å². The first-order valence-electron chi connectivity index (χ1n) is 6.19. The molecule has 1 aromatic heterocycles.